The van der Waals surface area contributed by atoms with Crippen molar-refractivity contribution < 1.29 is 15.0 Å². The molecule has 0 aliphatic carbocycles. The maximum Gasteiger partial charge on any atom is 0.303 e. The van der Waals surface area contributed by atoms with E-state index in [1.807, 2.05) is 54.6 Å². The van der Waals surface area contributed by atoms with Crippen molar-refractivity contribution in [2.75, 3.05) is 31.1 Å². The lowest BCUT2D eigenvalue weighted by molar-refractivity contribution is -0.137. The lowest BCUT2D eigenvalue weighted by Crippen LogP contribution is -2.47. The van der Waals surface area contributed by atoms with Crippen LogP contribution in [-0.4, -0.2) is 64.7 Å². The summed E-state index contributed by atoms with van der Waals surface area (Å²) in [5.74, 6) is 0.176. The molecule has 1 aliphatic rings. The molecule has 37 heavy (non-hydrogen) atoms. The number of anilines is 1. The van der Waals surface area contributed by atoms with Crippen LogP contribution in [0, 0.1) is 0 Å². The first-order chi connectivity index (χ1) is 18.1. The van der Waals surface area contributed by atoms with Crippen molar-refractivity contribution >= 4 is 35.6 Å². The van der Waals surface area contributed by atoms with Crippen LogP contribution in [0.3, 0.4) is 0 Å². The summed E-state index contributed by atoms with van der Waals surface area (Å²) in [7, 11) is 0. The van der Waals surface area contributed by atoms with E-state index in [-0.39, 0.29) is 6.42 Å². The lowest BCUT2D eigenvalue weighted by Gasteiger charge is -2.37. The number of hydrogen-bond donors (Lipinski definition) is 2. The highest BCUT2D eigenvalue weighted by molar-refractivity contribution is 5.79. The molecular formula is C29H37N5O3. The summed E-state index contributed by atoms with van der Waals surface area (Å²) in [5, 5.41) is 19.9. The van der Waals surface area contributed by atoms with Crippen LogP contribution in [0.25, 0.3) is 0 Å². The van der Waals surface area contributed by atoms with Gasteiger partial charge in [0.25, 0.3) is 0 Å². The Hall–Kier alpha value is -3.62. The highest BCUT2D eigenvalue weighted by Crippen LogP contribution is 2.32. The standard InChI is InChI=1S/C29H37N5O3/c1-2-3-4-5-9-16-30-25-15-14-24(23-26(25)31-17-10-6-7-13-28(35)36)29(37)34-21-19-33(20-22-34)27-12-8-11-18-32-27/h2,5,8-9,11-12,14-18,23,29,37H,1,3-4,6-7,10,13,19-22H2,(H,35,36)/b9-5+,30-16+,31-17+. The summed E-state index contributed by atoms with van der Waals surface area (Å²) < 4.78 is 0. The van der Waals surface area contributed by atoms with E-state index in [0.717, 1.165) is 56.8 Å². The van der Waals surface area contributed by atoms with Gasteiger partial charge in [-0.25, -0.2) is 4.98 Å². The van der Waals surface area contributed by atoms with Crippen LogP contribution in [0.2, 0.25) is 0 Å². The third-order valence-corrected chi connectivity index (χ3v) is 6.11. The Balaban J connectivity index is 1.67. The Morgan fingerprint density at radius 1 is 1.05 bits per heavy atom. The molecule has 0 spiro atoms. The number of unbranched alkanes of at least 4 members (excludes halogenated alkanes) is 3. The molecule has 8 heteroatoms. The van der Waals surface area contributed by atoms with Crippen molar-refractivity contribution in [3.05, 3.63) is 73.0 Å². The van der Waals surface area contributed by atoms with Gasteiger partial charge in [-0.05, 0) is 68.0 Å². The van der Waals surface area contributed by atoms with Crippen LogP contribution in [0.15, 0.2) is 77.4 Å². The average Bonchev–Trinajstić information content (AvgIpc) is 2.93. The molecule has 2 N–H and O–H groups in total. The van der Waals surface area contributed by atoms with E-state index in [4.69, 9.17) is 5.11 Å². The van der Waals surface area contributed by atoms with Gasteiger partial charge in [0.2, 0.25) is 0 Å². The molecule has 2 aromatic rings. The highest BCUT2D eigenvalue weighted by Gasteiger charge is 2.24. The molecule has 0 saturated carbocycles. The van der Waals surface area contributed by atoms with Gasteiger partial charge in [-0.3, -0.25) is 19.7 Å². The molecule has 1 saturated heterocycles. The molecular weight excluding hydrogens is 466 g/mol. The zero-order chi connectivity index (χ0) is 26.3. The molecule has 0 amide bonds. The van der Waals surface area contributed by atoms with Gasteiger partial charge in [-0.15, -0.1) is 6.58 Å². The molecule has 3 rings (SSSR count). The second kappa shape index (κ2) is 15.5. The fourth-order valence-corrected chi connectivity index (χ4v) is 4.03. The molecule has 0 radical (unpaired) electrons. The summed E-state index contributed by atoms with van der Waals surface area (Å²) in [6, 6.07) is 11.6. The van der Waals surface area contributed by atoms with E-state index in [1.54, 1.807) is 18.6 Å². The predicted octanol–water partition coefficient (Wildman–Crippen LogP) is 5.47. The van der Waals surface area contributed by atoms with Gasteiger partial charge in [-0.1, -0.05) is 24.3 Å². The number of carbonyl (C=O) groups is 1. The Labute approximate surface area is 219 Å². The molecule has 1 fully saturated rings. The van der Waals surface area contributed by atoms with Crippen LogP contribution in [0.4, 0.5) is 17.2 Å². The zero-order valence-electron chi connectivity index (χ0n) is 21.3. The third kappa shape index (κ3) is 9.40. The molecule has 0 bridgehead atoms. The maximum absolute atomic E-state index is 11.1. The van der Waals surface area contributed by atoms with Crippen molar-refractivity contribution in [3.63, 3.8) is 0 Å². The van der Waals surface area contributed by atoms with Crippen molar-refractivity contribution in [2.24, 2.45) is 9.98 Å². The van der Waals surface area contributed by atoms with E-state index < -0.39 is 12.2 Å². The smallest absolute Gasteiger partial charge is 0.303 e. The molecule has 8 nitrogen and oxygen atoms in total. The number of aromatic nitrogens is 1. The molecule has 1 aromatic heterocycles. The summed E-state index contributed by atoms with van der Waals surface area (Å²) in [4.78, 5) is 28.6. The Kier molecular flexibility index (Phi) is 11.7. The number of aliphatic imine (C=N–C) groups is 2. The number of benzene rings is 1. The van der Waals surface area contributed by atoms with Gasteiger partial charge < -0.3 is 15.1 Å². The Bertz CT molecular complexity index is 1080. The molecule has 1 aromatic carbocycles. The average molecular weight is 504 g/mol. The SMILES string of the molecule is C=CCC/C=C/C=N/c1ccc(C(O)N2CCN(c3ccccn3)CC2)cc1/N=C/CCCCC(=O)O. The van der Waals surface area contributed by atoms with E-state index >= 15 is 0 Å². The number of nitrogens with zero attached hydrogens (tertiary/aromatic N) is 5. The number of rotatable bonds is 14. The number of allylic oxidation sites excluding steroid dienone is 3. The normalized spacial score (nSPS) is 15.6. The van der Waals surface area contributed by atoms with Gasteiger partial charge in [0.1, 0.15) is 12.0 Å². The van der Waals surface area contributed by atoms with E-state index in [1.165, 1.54) is 0 Å². The van der Waals surface area contributed by atoms with Crippen molar-refractivity contribution in [1.29, 1.82) is 0 Å². The summed E-state index contributed by atoms with van der Waals surface area (Å²) in [6.45, 7) is 6.74. The Morgan fingerprint density at radius 3 is 2.62 bits per heavy atom. The number of aliphatic hydroxyl groups excluding tert-OH is 1. The van der Waals surface area contributed by atoms with Crippen molar-refractivity contribution in [3.8, 4) is 0 Å². The topological polar surface area (TPSA) is 102 Å². The summed E-state index contributed by atoms with van der Waals surface area (Å²) in [5.41, 5.74) is 2.16. The molecule has 1 unspecified atom stereocenters. The minimum atomic E-state index is -0.780. The van der Waals surface area contributed by atoms with Crippen molar-refractivity contribution in [2.45, 2.75) is 44.8 Å². The first-order valence-electron chi connectivity index (χ1n) is 12.8. The fraction of sp³-hybridized carbons (Fsp3) is 0.379. The van der Waals surface area contributed by atoms with E-state index in [9.17, 15) is 9.90 Å². The van der Waals surface area contributed by atoms with Crippen LogP contribution in [-0.2, 0) is 4.79 Å². The largest absolute Gasteiger partial charge is 0.481 e. The lowest BCUT2D eigenvalue weighted by atomic mass is 10.1. The number of hydrogen-bond acceptors (Lipinski definition) is 7. The molecule has 1 atom stereocenters. The van der Waals surface area contributed by atoms with Crippen LogP contribution in [0.1, 0.15) is 50.3 Å². The van der Waals surface area contributed by atoms with Gasteiger partial charge in [-0.2, -0.15) is 0 Å². The second-order valence-electron chi connectivity index (χ2n) is 8.86. The number of aliphatic hydroxyl groups is 1. The molecule has 196 valence electrons. The predicted molar refractivity (Wildman–Crippen MR) is 150 cm³/mol. The molecule has 2 heterocycles. The summed E-state index contributed by atoms with van der Waals surface area (Å²) in [6.07, 6.45) is 14.5. The maximum atomic E-state index is 11.1. The van der Waals surface area contributed by atoms with E-state index in [2.05, 4.69) is 31.3 Å². The van der Waals surface area contributed by atoms with Gasteiger partial charge in [0, 0.05) is 51.2 Å². The monoisotopic (exact) mass is 503 g/mol. The quantitative estimate of drug-likeness (QED) is 0.201. The Morgan fingerprint density at radius 2 is 1.89 bits per heavy atom. The fourth-order valence-electron chi connectivity index (χ4n) is 4.03. The van der Waals surface area contributed by atoms with Crippen LogP contribution in [0.5, 0.6) is 0 Å². The number of carboxylic acid groups (broad SMARTS) is 1. The second-order valence-corrected chi connectivity index (χ2v) is 8.86. The third-order valence-electron chi connectivity index (χ3n) is 6.11. The van der Waals surface area contributed by atoms with E-state index in [0.29, 0.717) is 24.2 Å². The van der Waals surface area contributed by atoms with Crippen LogP contribution < -0.4 is 4.90 Å². The number of carboxylic acids is 1. The highest BCUT2D eigenvalue weighted by atomic mass is 16.4. The van der Waals surface area contributed by atoms with Crippen molar-refractivity contribution in [1.82, 2.24) is 9.88 Å². The zero-order valence-corrected chi connectivity index (χ0v) is 21.3. The minimum absolute atomic E-state index is 0.164. The number of pyridine rings is 1. The number of aliphatic carboxylic acids is 1. The summed E-state index contributed by atoms with van der Waals surface area (Å²) >= 11 is 0. The van der Waals surface area contributed by atoms with Gasteiger partial charge in [0.05, 0.1) is 11.4 Å². The van der Waals surface area contributed by atoms with Gasteiger partial charge >= 0.3 is 5.97 Å². The first kappa shape index (κ1) is 28.0. The number of piperazine rings is 1. The van der Waals surface area contributed by atoms with Crippen LogP contribution >= 0.6 is 0 Å². The minimum Gasteiger partial charge on any atom is -0.481 e. The van der Waals surface area contributed by atoms with Gasteiger partial charge in [0.15, 0.2) is 0 Å². The molecule has 1 aliphatic heterocycles. The first-order valence-corrected chi connectivity index (χ1v) is 12.8.